The minimum absolute atomic E-state index is 0. The summed E-state index contributed by atoms with van der Waals surface area (Å²) in [7, 11) is 0. The number of aryl methyl sites for hydroxylation is 1. The minimum atomic E-state index is -2.28. The van der Waals surface area contributed by atoms with Crippen LogP contribution < -0.4 is 4.40 Å². The summed E-state index contributed by atoms with van der Waals surface area (Å²) in [4.78, 5) is 9.01. The van der Waals surface area contributed by atoms with Gasteiger partial charge in [0.05, 0.1) is 0 Å². The summed E-state index contributed by atoms with van der Waals surface area (Å²) in [6.45, 7) is -2.28. The van der Waals surface area contributed by atoms with Crippen molar-refractivity contribution in [3.05, 3.63) is 139 Å². The third kappa shape index (κ3) is 6.92. The average molecular weight is 835 g/mol. The van der Waals surface area contributed by atoms with Crippen LogP contribution in [0.5, 0.6) is 0 Å². The normalized spacial score (nSPS) is 12.4. The second-order valence-electron chi connectivity index (χ2n) is 11.3. The number of fused-ring (bicyclic) bond motifs is 3. The molecule has 0 atom stereocenters. The van der Waals surface area contributed by atoms with Crippen molar-refractivity contribution in [2.75, 3.05) is 0 Å². The first-order valence-electron chi connectivity index (χ1n) is 15.5. The standard InChI is InChI=1S/C24H15FNS.C14H16GeN.Ir/c1-15-14-26-22(13-21(15)16-6-3-2-4-7-16)20-9-5-8-19-18-11-10-17(25)12-23(18)27-24(19)20;1-15(2,3)13-9-10-14(16-11-13)12-7-5-4-6-8-12;/h2-8,10-14H,1H3;4-7,9-11H,1-3H3;/q2*-1;/i1D3;;. The number of aromatic nitrogens is 2. The van der Waals surface area contributed by atoms with Crippen molar-refractivity contribution in [2.24, 2.45) is 0 Å². The molecule has 0 aliphatic rings. The van der Waals surface area contributed by atoms with Crippen LogP contribution in [0.15, 0.2) is 116 Å². The molecule has 0 saturated heterocycles. The third-order valence-corrected chi connectivity index (χ3v) is 12.7. The number of pyridine rings is 2. The molecule has 4 aromatic carbocycles. The van der Waals surface area contributed by atoms with Crippen LogP contribution in [-0.4, -0.2) is 23.2 Å². The van der Waals surface area contributed by atoms with Crippen LogP contribution in [0.4, 0.5) is 4.39 Å². The van der Waals surface area contributed by atoms with Gasteiger partial charge in [0.1, 0.15) is 5.82 Å². The fourth-order valence-corrected chi connectivity index (χ4v) is 8.31. The minimum Gasteiger partial charge on any atom is 0 e. The van der Waals surface area contributed by atoms with Crippen LogP contribution in [0.3, 0.4) is 0 Å². The Morgan fingerprint density at radius 2 is 1.57 bits per heavy atom. The summed E-state index contributed by atoms with van der Waals surface area (Å²) in [6, 6.07) is 38.6. The molecule has 0 saturated carbocycles. The van der Waals surface area contributed by atoms with E-state index in [4.69, 9.17) is 4.11 Å². The van der Waals surface area contributed by atoms with Gasteiger partial charge in [0, 0.05) is 35.1 Å². The Kier molecular flexibility index (Phi) is 8.70. The van der Waals surface area contributed by atoms with Crippen molar-refractivity contribution in [3.63, 3.8) is 0 Å². The number of nitrogens with zero attached hydrogens (tertiary/aromatic N) is 2. The number of benzene rings is 4. The first-order chi connectivity index (χ1) is 22.0. The van der Waals surface area contributed by atoms with E-state index in [1.165, 1.54) is 34.1 Å². The maximum Gasteiger partial charge on any atom is 0 e. The first-order valence-corrected chi connectivity index (χ1v) is 22.2. The van der Waals surface area contributed by atoms with Gasteiger partial charge >= 0.3 is 99.8 Å². The summed E-state index contributed by atoms with van der Waals surface area (Å²) in [5, 5.41) is 1.99. The van der Waals surface area contributed by atoms with E-state index in [0.29, 0.717) is 11.3 Å². The van der Waals surface area contributed by atoms with Gasteiger partial charge in [-0.2, -0.15) is 11.3 Å². The van der Waals surface area contributed by atoms with E-state index in [0.717, 1.165) is 42.6 Å². The zero-order valence-corrected chi connectivity index (χ0v) is 29.8. The Bertz CT molecular complexity index is 2130. The van der Waals surface area contributed by atoms with E-state index in [1.54, 1.807) is 6.07 Å². The molecule has 1 radical (unpaired) electrons. The van der Waals surface area contributed by atoms with E-state index in [1.807, 2.05) is 79.0 Å². The Morgan fingerprint density at radius 3 is 2.27 bits per heavy atom. The van der Waals surface area contributed by atoms with E-state index in [-0.39, 0.29) is 31.5 Å². The molecule has 0 spiro atoms. The molecule has 2 nitrogen and oxygen atoms in total. The van der Waals surface area contributed by atoms with Gasteiger partial charge in [-0.1, -0.05) is 47.9 Å². The van der Waals surface area contributed by atoms with Crippen LogP contribution in [0, 0.1) is 24.8 Å². The molecule has 0 fully saturated rings. The monoisotopic (exact) mass is 836 g/mol. The van der Waals surface area contributed by atoms with Gasteiger partial charge in [-0.05, 0) is 51.5 Å². The molecule has 0 N–H and O–H groups in total. The quantitative estimate of drug-likeness (QED) is 0.130. The number of hydrogen-bond acceptors (Lipinski definition) is 3. The molecule has 7 rings (SSSR count). The molecule has 6 heteroatoms. The number of thiophene rings is 1. The van der Waals surface area contributed by atoms with E-state index < -0.39 is 20.1 Å². The van der Waals surface area contributed by atoms with Crippen LogP contribution in [0.1, 0.15) is 9.68 Å². The Hall–Kier alpha value is -3.48. The van der Waals surface area contributed by atoms with Crippen molar-refractivity contribution in [1.82, 2.24) is 9.97 Å². The van der Waals surface area contributed by atoms with Crippen LogP contribution in [0.2, 0.25) is 17.3 Å². The molecular formula is C38H31FGeIrN2S-2. The Morgan fingerprint density at radius 1 is 0.773 bits per heavy atom. The molecule has 3 heterocycles. The number of hydrogen-bond donors (Lipinski definition) is 0. The fraction of sp³-hybridized carbons (Fsp3) is 0.105. The van der Waals surface area contributed by atoms with Gasteiger partial charge in [-0.3, -0.25) is 0 Å². The zero-order chi connectivity index (χ0) is 32.5. The van der Waals surface area contributed by atoms with Crippen molar-refractivity contribution in [3.8, 4) is 33.6 Å². The van der Waals surface area contributed by atoms with E-state index >= 15 is 0 Å². The molecule has 44 heavy (non-hydrogen) atoms. The van der Waals surface area contributed by atoms with Crippen molar-refractivity contribution < 1.29 is 28.6 Å². The second kappa shape index (κ2) is 13.7. The zero-order valence-electron chi connectivity index (χ0n) is 27.5. The molecule has 0 aliphatic carbocycles. The molecule has 221 valence electrons. The topological polar surface area (TPSA) is 25.8 Å². The molecule has 0 unspecified atom stereocenters. The van der Waals surface area contributed by atoms with Gasteiger partial charge in [0.2, 0.25) is 0 Å². The molecule has 3 aromatic heterocycles. The maximum atomic E-state index is 13.7. The first kappa shape index (κ1) is 28.0. The van der Waals surface area contributed by atoms with Crippen LogP contribution in [-0.2, 0) is 20.1 Å². The summed E-state index contributed by atoms with van der Waals surface area (Å²) in [5.41, 5.74) is 5.15. The second-order valence-corrected chi connectivity index (χ2v) is 23.0. The van der Waals surface area contributed by atoms with Crippen LogP contribution >= 0.6 is 11.3 Å². The summed E-state index contributed by atoms with van der Waals surface area (Å²) >= 11 is -0.230. The van der Waals surface area contributed by atoms with Gasteiger partial charge < -0.3 is 4.98 Å². The third-order valence-electron chi connectivity index (χ3n) is 7.25. The molecule has 0 amide bonds. The largest absolute Gasteiger partial charge is 0 e. The number of rotatable bonds is 4. The summed E-state index contributed by atoms with van der Waals surface area (Å²) < 4.78 is 40.7. The van der Waals surface area contributed by atoms with Gasteiger partial charge in [0.25, 0.3) is 0 Å². The van der Waals surface area contributed by atoms with Gasteiger partial charge in [0.15, 0.2) is 0 Å². The Balaban J connectivity index is 0.000000217. The Labute approximate surface area is 283 Å². The number of halogens is 1. The molecule has 0 bridgehead atoms. The van der Waals surface area contributed by atoms with E-state index in [9.17, 15) is 4.39 Å². The fourth-order valence-electron chi connectivity index (χ4n) is 4.90. The maximum absolute atomic E-state index is 13.7. The van der Waals surface area contributed by atoms with Crippen LogP contribution in [0.25, 0.3) is 53.8 Å². The predicted octanol–water partition coefficient (Wildman–Crippen LogP) is 10.1. The average Bonchev–Trinajstić information content (AvgIpc) is 3.42. The van der Waals surface area contributed by atoms with Gasteiger partial charge in [-0.15, -0.1) is 23.8 Å². The molecule has 0 aliphatic heterocycles. The van der Waals surface area contributed by atoms with Crippen molar-refractivity contribution in [2.45, 2.75) is 24.1 Å². The smallest absolute Gasteiger partial charge is 0 e. The van der Waals surface area contributed by atoms with E-state index in [2.05, 4.69) is 51.5 Å². The SMILES string of the molecule is [2H]C([2H])([2H])c1cnc(-c2[c-]ccc3c2sc2cc(F)ccc23)cc1-c1ccccc1.[CH3][Ge]([CH3])([CH3])[c]1ccc(-c2[c-]cccc2)nc1.[Ir]. The van der Waals surface area contributed by atoms with Crippen molar-refractivity contribution >= 4 is 49.2 Å². The summed E-state index contributed by atoms with van der Waals surface area (Å²) in [6.07, 6.45) is 3.47. The summed E-state index contributed by atoms with van der Waals surface area (Å²) in [5.74, 6) is 6.87. The predicted molar refractivity (Wildman–Crippen MR) is 183 cm³/mol. The van der Waals surface area contributed by atoms with Crippen molar-refractivity contribution in [1.29, 1.82) is 0 Å². The van der Waals surface area contributed by atoms with Gasteiger partial charge in [-0.25, -0.2) is 4.39 Å². The molecular weight excluding hydrogens is 800 g/mol. The molecule has 7 aromatic rings.